The Bertz CT molecular complexity index is 1310. The largest absolute Gasteiger partial charge is 0.493 e. The van der Waals surface area contributed by atoms with Gasteiger partial charge in [-0.3, -0.25) is 0 Å². The highest BCUT2D eigenvalue weighted by atomic mass is 16.5. The number of fused-ring (bicyclic) bond motifs is 1. The third-order valence-electron chi connectivity index (χ3n) is 6.73. The van der Waals surface area contributed by atoms with Crippen LogP contribution >= 0.6 is 0 Å². The fraction of sp³-hybridized carbons (Fsp3) is 0.250. The molecule has 0 radical (unpaired) electrons. The number of methoxy groups -OCH3 is 2. The van der Waals surface area contributed by atoms with Crippen LogP contribution in [-0.4, -0.2) is 20.8 Å². The second kappa shape index (κ2) is 11.8. The molecule has 190 valence electrons. The van der Waals surface area contributed by atoms with Crippen LogP contribution in [0.3, 0.4) is 0 Å². The Balaban J connectivity index is 1.38. The van der Waals surface area contributed by atoms with Crippen molar-refractivity contribution >= 4 is 0 Å². The number of hydrogen-bond donors (Lipinski definition) is 1. The van der Waals surface area contributed by atoms with Crippen LogP contribution in [0.2, 0.25) is 0 Å². The molecular weight excluding hydrogens is 462 g/mol. The summed E-state index contributed by atoms with van der Waals surface area (Å²) in [4.78, 5) is 0. The summed E-state index contributed by atoms with van der Waals surface area (Å²) >= 11 is 0. The Morgan fingerprint density at radius 3 is 1.92 bits per heavy atom. The zero-order valence-corrected chi connectivity index (χ0v) is 21.4. The second-order valence-corrected chi connectivity index (χ2v) is 9.20. The average Bonchev–Trinajstić information content (AvgIpc) is 2.96. The second-order valence-electron chi connectivity index (χ2n) is 9.20. The molecule has 1 aliphatic heterocycles. The minimum Gasteiger partial charge on any atom is -0.493 e. The van der Waals surface area contributed by atoms with Crippen LogP contribution in [-0.2, 0) is 26.1 Å². The lowest BCUT2D eigenvalue weighted by molar-refractivity contribution is 0.255. The van der Waals surface area contributed by atoms with E-state index in [1.165, 1.54) is 16.7 Å². The molecule has 1 N–H and O–H groups in total. The van der Waals surface area contributed by atoms with Crippen molar-refractivity contribution in [2.24, 2.45) is 0 Å². The highest BCUT2D eigenvalue weighted by Gasteiger charge is 2.23. The van der Waals surface area contributed by atoms with Gasteiger partial charge in [-0.2, -0.15) is 0 Å². The minimum absolute atomic E-state index is 0.168. The van der Waals surface area contributed by atoms with E-state index in [1.54, 1.807) is 14.2 Å². The molecule has 1 aliphatic rings. The van der Waals surface area contributed by atoms with Gasteiger partial charge in [0, 0.05) is 6.04 Å². The molecule has 0 bridgehead atoms. The smallest absolute Gasteiger partial charge is 0.161 e. The predicted molar refractivity (Wildman–Crippen MR) is 146 cm³/mol. The molecule has 0 aliphatic carbocycles. The lowest BCUT2D eigenvalue weighted by atomic mass is 9.89. The van der Waals surface area contributed by atoms with Crippen molar-refractivity contribution in [1.29, 1.82) is 0 Å². The van der Waals surface area contributed by atoms with Crippen LogP contribution in [0, 0.1) is 0 Å². The van der Waals surface area contributed by atoms with Gasteiger partial charge in [0.1, 0.15) is 13.2 Å². The molecule has 1 atom stereocenters. The summed E-state index contributed by atoms with van der Waals surface area (Å²) in [5.41, 5.74) is 5.96. The van der Waals surface area contributed by atoms with Gasteiger partial charge in [0.2, 0.25) is 0 Å². The number of hydrogen-bond acceptors (Lipinski definition) is 5. The predicted octanol–water partition coefficient (Wildman–Crippen LogP) is 6.29. The Morgan fingerprint density at radius 2 is 1.27 bits per heavy atom. The van der Waals surface area contributed by atoms with Crippen LogP contribution in [0.25, 0.3) is 0 Å². The SMILES string of the molecule is COc1cc2c(cc1OC)C(Cc1ccc(OCc3ccccc3)c(OCc3ccccc3)c1)NCC2. The monoisotopic (exact) mass is 495 g/mol. The summed E-state index contributed by atoms with van der Waals surface area (Å²) in [6.45, 7) is 1.89. The highest BCUT2D eigenvalue weighted by molar-refractivity contribution is 5.50. The summed E-state index contributed by atoms with van der Waals surface area (Å²) in [5.74, 6) is 3.03. The van der Waals surface area contributed by atoms with Gasteiger partial charge in [0.15, 0.2) is 23.0 Å². The Kier molecular flexibility index (Phi) is 7.92. The Morgan fingerprint density at radius 1 is 0.649 bits per heavy atom. The molecule has 0 spiro atoms. The number of ether oxygens (including phenoxy) is 4. The van der Waals surface area contributed by atoms with Gasteiger partial charge in [0.25, 0.3) is 0 Å². The summed E-state index contributed by atoms with van der Waals surface area (Å²) < 4.78 is 23.6. The lowest BCUT2D eigenvalue weighted by Crippen LogP contribution is -2.31. The maximum absolute atomic E-state index is 6.30. The van der Waals surface area contributed by atoms with Gasteiger partial charge in [-0.25, -0.2) is 0 Å². The molecule has 0 amide bonds. The van der Waals surface area contributed by atoms with Crippen molar-refractivity contribution in [2.75, 3.05) is 20.8 Å². The quantitative estimate of drug-likeness (QED) is 0.280. The summed E-state index contributed by atoms with van der Waals surface area (Å²) in [5, 5.41) is 3.68. The molecule has 0 fully saturated rings. The van der Waals surface area contributed by atoms with Crippen LogP contribution in [0.5, 0.6) is 23.0 Å². The molecule has 5 rings (SSSR count). The van der Waals surface area contributed by atoms with Gasteiger partial charge in [-0.1, -0.05) is 66.7 Å². The third kappa shape index (κ3) is 6.07. The van der Waals surface area contributed by atoms with Crippen LogP contribution < -0.4 is 24.3 Å². The Labute approximate surface area is 219 Å². The first-order valence-electron chi connectivity index (χ1n) is 12.7. The zero-order chi connectivity index (χ0) is 25.5. The summed E-state index contributed by atoms with van der Waals surface area (Å²) in [6, 6.07) is 31.0. The maximum atomic E-state index is 6.30. The van der Waals surface area contributed by atoms with E-state index >= 15 is 0 Å². The third-order valence-corrected chi connectivity index (χ3v) is 6.73. The van der Waals surface area contributed by atoms with Crippen molar-refractivity contribution in [3.63, 3.8) is 0 Å². The maximum Gasteiger partial charge on any atom is 0.161 e. The molecular formula is C32H33NO4. The van der Waals surface area contributed by atoms with Gasteiger partial charge in [0.05, 0.1) is 14.2 Å². The van der Waals surface area contributed by atoms with E-state index in [0.717, 1.165) is 53.5 Å². The molecule has 37 heavy (non-hydrogen) atoms. The van der Waals surface area contributed by atoms with Crippen LogP contribution in [0.15, 0.2) is 91.0 Å². The van der Waals surface area contributed by atoms with Crippen molar-refractivity contribution in [3.05, 3.63) is 119 Å². The standard InChI is InChI=1S/C32H33NO4/c1-34-30-19-26-15-16-33-28(27(26)20-31(30)35-2)17-25-13-14-29(36-21-23-9-5-3-6-10-23)32(18-25)37-22-24-11-7-4-8-12-24/h3-14,18-20,28,33H,15-17,21-22H2,1-2H3. The number of benzene rings is 4. The molecule has 4 aromatic rings. The first-order valence-corrected chi connectivity index (χ1v) is 12.7. The lowest BCUT2D eigenvalue weighted by Gasteiger charge is -2.28. The molecule has 0 saturated carbocycles. The van der Waals surface area contributed by atoms with E-state index in [1.807, 2.05) is 42.5 Å². The first kappa shape index (κ1) is 24.7. The Hall–Kier alpha value is -3.96. The molecule has 5 heteroatoms. The minimum atomic E-state index is 0.168. The van der Waals surface area contributed by atoms with E-state index in [0.29, 0.717) is 13.2 Å². The van der Waals surface area contributed by atoms with Crippen molar-refractivity contribution in [2.45, 2.75) is 32.1 Å². The molecule has 0 saturated heterocycles. The van der Waals surface area contributed by atoms with Crippen molar-refractivity contribution in [3.8, 4) is 23.0 Å². The van der Waals surface area contributed by atoms with Crippen molar-refractivity contribution in [1.82, 2.24) is 5.32 Å². The van der Waals surface area contributed by atoms with Crippen molar-refractivity contribution < 1.29 is 18.9 Å². The van der Waals surface area contributed by atoms with E-state index in [4.69, 9.17) is 18.9 Å². The zero-order valence-electron chi connectivity index (χ0n) is 21.4. The fourth-order valence-electron chi connectivity index (χ4n) is 4.77. The normalized spacial score (nSPS) is 14.5. The fourth-order valence-corrected chi connectivity index (χ4v) is 4.77. The summed E-state index contributed by atoms with van der Waals surface area (Å²) in [6.07, 6.45) is 1.78. The molecule has 5 nitrogen and oxygen atoms in total. The van der Waals surface area contributed by atoms with Gasteiger partial charge in [-0.05, 0) is 71.5 Å². The topological polar surface area (TPSA) is 49.0 Å². The average molecular weight is 496 g/mol. The van der Waals surface area contributed by atoms with E-state index in [2.05, 4.69) is 53.8 Å². The molecule has 4 aromatic carbocycles. The number of nitrogens with one attached hydrogen (secondary N) is 1. The van der Waals surface area contributed by atoms with E-state index in [-0.39, 0.29) is 6.04 Å². The number of rotatable bonds is 10. The first-order chi connectivity index (χ1) is 18.2. The van der Waals surface area contributed by atoms with Crippen LogP contribution in [0.1, 0.15) is 33.9 Å². The molecule has 1 heterocycles. The van der Waals surface area contributed by atoms with Gasteiger partial charge >= 0.3 is 0 Å². The summed E-state index contributed by atoms with van der Waals surface area (Å²) in [7, 11) is 3.36. The molecule has 0 aromatic heterocycles. The van der Waals surface area contributed by atoms with E-state index < -0.39 is 0 Å². The van der Waals surface area contributed by atoms with E-state index in [9.17, 15) is 0 Å². The van der Waals surface area contributed by atoms with Gasteiger partial charge in [-0.15, -0.1) is 0 Å². The highest BCUT2D eigenvalue weighted by Crippen LogP contribution is 2.37. The van der Waals surface area contributed by atoms with Gasteiger partial charge < -0.3 is 24.3 Å². The molecule has 1 unspecified atom stereocenters. The van der Waals surface area contributed by atoms with Crippen LogP contribution in [0.4, 0.5) is 0 Å².